The Bertz CT molecular complexity index is 326. The van der Waals surface area contributed by atoms with E-state index in [2.05, 4.69) is 40.9 Å². The van der Waals surface area contributed by atoms with E-state index < -0.39 is 0 Å². The van der Waals surface area contributed by atoms with Crippen LogP contribution in [0, 0.1) is 11.8 Å². The first kappa shape index (κ1) is 11.6. The summed E-state index contributed by atoms with van der Waals surface area (Å²) in [5, 5.41) is 11.7. The van der Waals surface area contributed by atoms with Crippen molar-refractivity contribution in [2.75, 3.05) is 0 Å². The Labute approximate surface area is 97.5 Å². The predicted molar refractivity (Wildman–Crippen MR) is 63.9 cm³/mol. The van der Waals surface area contributed by atoms with Crippen LogP contribution in [0.1, 0.15) is 39.4 Å². The molecule has 4 heteroatoms. The van der Waals surface area contributed by atoms with Crippen molar-refractivity contribution in [2.45, 2.75) is 52.7 Å². The summed E-state index contributed by atoms with van der Waals surface area (Å²) >= 11 is 0. The van der Waals surface area contributed by atoms with Gasteiger partial charge >= 0.3 is 0 Å². The van der Waals surface area contributed by atoms with Gasteiger partial charge in [0, 0.05) is 12.6 Å². The average molecular weight is 222 g/mol. The van der Waals surface area contributed by atoms with Crippen LogP contribution < -0.4 is 5.32 Å². The summed E-state index contributed by atoms with van der Waals surface area (Å²) < 4.78 is 2.09. The highest BCUT2D eigenvalue weighted by Gasteiger charge is 2.32. The summed E-state index contributed by atoms with van der Waals surface area (Å²) in [6, 6.07) is 0.641. The number of nitrogens with one attached hydrogen (secondary N) is 1. The van der Waals surface area contributed by atoms with Gasteiger partial charge < -0.3 is 9.88 Å². The van der Waals surface area contributed by atoms with Crippen LogP contribution in [0.3, 0.4) is 0 Å². The number of aromatic nitrogens is 3. The number of hydrogen-bond donors (Lipinski definition) is 1. The normalized spacial score (nSPS) is 18.0. The molecule has 1 aromatic heterocycles. The molecule has 4 nitrogen and oxygen atoms in total. The topological polar surface area (TPSA) is 42.7 Å². The van der Waals surface area contributed by atoms with Gasteiger partial charge in [-0.2, -0.15) is 0 Å². The molecule has 0 spiro atoms. The predicted octanol–water partition coefficient (Wildman–Crippen LogP) is 1.82. The Morgan fingerprint density at radius 1 is 1.50 bits per heavy atom. The maximum atomic E-state index is 4.15. The van der Waals surface area contributed by atoms with Crippen LogP contribution in [0.2, 0.25) is 0 Å². The van der Waals surface area contributed by atoms with Crippen molar-refractivity contribution in [3.63, 3.8) is 0 Å². The zero-order chi connectivity index (χ0) is 11.5. The molecule has 1 atom stereocenters. The van der Waals surface area contributed by atoms with Crippen LogP contribution in [0.25, 0.3) is 0 Å². The minimum absolute atomic E-state index is 0.641. The molecule has 16 heavy (non-hydrogen) atoms. The smallest absolute Gasteiger partial charge is 0.146 e. The monoisotopic (exact) mass is 222 g/mol. The quantitative estimate of drug-likeness (QED) is 0.798. The highest BCUT2D eigenvalue weighted by molar-refractivity contribution is 4.91. The van der Waals surface area contributed by atoms with Crippen LogP contribution >= 0.6 is 0 Å². The number of rotatable bonds is 6. The fourth-order valence-electron chi connectivity index (χ4n) is 2.29. The summed E-state index contributed by atoms with van der Waals surface area (Å²) in [5.74, 6) is 2.64. The molecule has 0 aromatic carbocycles. The molecule has 1 aliphatic rings. The van der Waals surface area contributed by atoms with Gasteiger partial charge in [-0.1, -0.05) is 13.8 Å². The van der Waals surface area contributed by atoms with Gasteiger partial charge in [0.1, 0.15) is 12.2 Å². The van der Waals surface area contributed by atoms with E-state index in [0.29, 0.717) is 12.0 Å². The van der Waals surface area contributed by atoms with Crippen molar-refractivity contribution < 1.29 is 0 Å². The van der Waals surface area contributed by atoms with Crippen LogP contribution in [0.4, 0.5) is 0 Å². The Morgan fingerprint density at radius 2 is 2.25 bits per heavy atom. The minimum atomic E-state index is 0.641. The van der Waals surface area contributed by atoms with Crippen molar-refractivity contribution >= 4 is 0 Å². The summed E-state index contributed by atoms with van der Waals surface area (Å²) in [5.41, 5.74) is 0. The fourth-order valence-corrected chi connectivity index (χ4v) is 2.29. The second-order valence-electron chi connectivity index (χ2n) is 5.02. The molecule has 0 aliphatic heterocycles. The van der Waals surface area contributed by atoms with Gasteiger partial charge in [0.25, 0.3) is 0 Å². The molecule has 1 saturated carbocycles. The number of aryl methyl sites for hydroxylation is 1. The third-order valence-corrected chi connectivity index (χ3v) is 3.38. The van der Waals surface area contributed by atoms with Gasteiger partial charge in [0.05, 0.1) is 6.54 Å². The van der Waals surface area contributed by atoms with E-state index in [1.54, 1.807) is 6.33 Å². The standard InChI is InChI=1S/C12H22N4/c1-4-16-8-14-15-11(16)7-13-12(9(2)3)10-5-6-10/h8-10,12-13H,4-7H2,1-3H3. The van der Waals surface area contributed by atoms with Crippen LogP contribution in [0.5, 0.6) is 0 Å². The summed E-state index contributed by atoms with van der Waals surface area (Å²) in [6.45, 7) is 8.49. The van der Waals surface area contributed by atoms with Crippen molar-refractivity contribution in [2.24, 2.45) is 11.8 Å². The summed E-state index contributed by atoms with van der Waals surface area (Å²) in [6.07, 6.45) is 4.57. The van der Waals surface area contributed by atoms with Crippen molar-refractivity contribution in [3.05, 3.63) is 12.2 Å². The molecular formula is C12H22N4. The molecule has 0 bridgehead atoms. The first-order valence-electron chi connectivity index (χ1n) is 6.32. The highest BCUT2D eigenvalue weighted by atomic mass is 15.3. The van der Waals surface area contributed by atoms with E-state index in [1.807, 2.05) is 0 Å². The lowest BCUT2D eigenvalue weighted by Gasteiger charge is -2.21. The molecule has 1 fully saturated rings. The second kappa shape index (κ2) is 4.95. The third-order valence-electron chi connectivity index (χ3n) is 3.38. The fraction of sp³-hybridized carbons (Fsp3) is 0.833. The zero-order valence-electron chi connectivity index (χ0n) is 10.5. The molecule has 0 radical (unpaired) electrons. The molecule has 1 heterocycles. The summed E-state index contributed by atoms with van der Waals surface area (Å²) in [7, 11) is 0. The molecule has 1 unspecified atom stereocenters. The van der Waals surface area contributed by atoms with Crippen LogP contribution in [-0.4, -0.2) is 20.8 Å². The third kappa shape index (κ3) is 2.61. The number of hydrogen-bond acceptors (Lipinski definition) is 3. The molecule has 1 aromatic rings. The van der Waals surface area contributed by atoms with Gasteiger partial charge in [0.2, 0.25) is 0 Å². The van der Waals surface area contributed by atoms with Crippen molar-refractivity contribution in [3.8, 4) is 0 Å². The van der Waals surface area contributed by atoms with E-state index >= 15 is 0 Å². The largest absolute Gasteiger partial charge is 0.317 e. The first-order chi connectivity index (χ1) is 7.72. The molecular weight excluding hydrogens is 200 g/mol. The maximum Gasteiger partial charge on any atom is 0.146 e. The lowest BCUT2D eigenvalue weighted by molar-refractivity contribution is 0.353. The lowest BCUT2D eigenvalue weighted by Crippen LogP contribution is -2.36. The van der Waals surface area contributed by atoms with Gasteiger partial charge in [-0.05, 0) is 31.6 Å². The van der Waals surface area contributed by atoms with Crippen LogP contribution in [0.15, 0.2) is 6.33 Å². The average Bonchev–Trinajstić information content (AvgIpc) is 2.97. The Balaban J connectivity index is 1.90. The van der Waals surface area contributed by atoms with Gasteiger partial charge in [0.15, 0.2) is 0 Å². The van der Waals surface area contributed by atoms with E-state index in [0.717, 1.165) is 24.8 Å². The maximum absolute atomic E-state index is 4.15. The molecule has 1 aliphatic carbocycles. The van der Waals surface area contributed by atoms with Gasteiger partial charge in [-0.25, -0.2) is 0 Å². The second-order valence-corrected chi connectivity index (χ2v) is 5.02. The van der Waals surface area contributed by atoms with Crippen LogP contribution in [-0.2, 0) is 13.1 Å². The first-order valence-corrected chi connectivity index (χ1v) is 6.32. The Hall–Kier alpha value is -0.900. The minimum Gasteiger partial charge on any atom is -0.317 e. The highest BCUT2D eigenvalue weighted by Crippen LogP contribution is 2.35. The van der Waals surface area contributed by atoms with Crippen molar-refractivity contribution in [1.82, 2.24) is 20.1 Å². The Kier molecular flexibility index (Phi) is 3.59. The summed E-state index contributed by atoms with van der Waals surface area (Å²) in [4.78, 5) is 0. The van der Waals surface area contributed by atoms with E-state index in [9.17, 15) is 0 Å². The SMILES string of the molecule is CCn1cnnc1CNC(C(C)C)C1CC1. The lowest BCUT2D eigenvalue weighted by atomic mass is 10.00. The molecule has 90 valence electrons. The molecule has 1 N–H and O–H groups in total. The van der Waals surface area contributed by atoms with E-state index in [-0.39, 0.29) is 0 Å². The Morgan fingerprint density at radius 3 is 2.81 bits per heavy atom. The molecule has 2 rings (SSSR count). The van der Waals surface area contributed by atoms with Gasteiger partial charge in [-0.3, -0.25) is 0 Å². The molecule has 0 amide bonds. The zero-order valence-corrected chi connectivity index (χ0v) is 10.5. The van der Waals surface area contributed by atoms with Gasteiger partial charge in [-0.15, -0.1) is 10.2 Å². The van der Waals surface area contributed by atoms with Crippen molar-refractivity contribution in [1.29, 1.82) is 0 Å². The molecule has 0 saturated heterocycles. The van der Waals surface area contributed by atoms with E-state index in [4.69, 9.17) is 0 Å². The van der Waals surface area contributed by atoms with E-state index in [1.165, 1.54) is 12.8 Å². The number of nitrogens with zero attached hydrogens (tertiary/aromatic N) is 3.